The third kappa shape index (κ3) is 7.41. The van der Waals surface area contributed by atoms with E-state index in [4.69, 9.17) is 5.73 Å². The van der Waals surface area contributed by atoms with Crippen molar-refractivity contribution < 1.29 is 13.6 Å². The van der Waals surface area contributed by atoms with Crippen LogP contribution in [0.1, 0.15) is 21.6 Å². The number of anilines is 4. The van der Waals surface area contributed by atoms with Gasteiger partial charge in [-0.25, -0.2) is 18.7 Å². The Morgan fingerprint density at radius 2 is 1.77 bits per heavy atom. The third-order valence-corrected chi connectivity index (χ3v) is 7.78. The zero-order valence-corrected chi connectivity index (χ0v) is 25.6. The van der Waals surface area contributed by atoms with Crippen LogP contribution < -0.4 is 26.8 Å². The second kappa shape index (κ2) is 13.7. The van der Waals surface area contributed by atoms with Gasteiger partial charge in [0.05, 0.1) is 12.9 Å². The topological polar surface area (TPSA) is 152 Å². The first-order valence-corrected chi connectivity index (χ1v) is 15.0. The van der Waals surface area contributed by atoms with E-state index >= 15 is 0 Å². The van der Waals surface area contributed by atoms with Gasteiger partial charge in [-0.15, -0.1) is 5.10 Å². The van der Waals surface area contributed by atoms with Gasteiger partial charge in [-0.1, -0.05) is 12.1 Å². The van der Waals surface area contributed by atoms with Gasteiger partial charge in [0.2, 0.25) is 11.9 Å². The van der Waals surface area contributed by atoms with Gasteiger partial charge in [0.25, 0.3) is 11.5 Å². The molecule has 0 aliphatic carbocycles. The molecule has 15 heteroatoms. The van der Waals surface area contributed by atoms with Crippen molar-refractivity contribution in [3.8, 4) is 5.82 Å². The van der Waals surface area contributed by atoms with E-state index in [1.54, 1.807) is 18.2 Å². The summed E-state index contributed by atoms with van der Waals surface area (Å²) in [5.41, 5.74) is 8.36. The minimum atomic E-state index is -1.03. The Hall–Kier alpha value is -5.70. The number of aromatic nitrogens is 6. The van der Waals surface area contributed by atoms with Crippen LogP contribution in [0.3, 0.4) is 0 Å². The molecule has 1 aliphatic heterocycles. The summed E-state index contributed by atoms with van der Waals surface area (Å²) in [7, 11) is 2.13. The predicted octanol–water partition coefficient (Wildman–Crippen LogP) is 2.60. The molecule has 4 heterocycles. The standard InChI is InChI=1S/C32H33F2N11O2/c1-42-13-15-43(16-14-42)24-8-6-23(7-9-24)39-32-40-31(35)45(41-32)28-4-2-3-22(38-28)11-12-37-29(46)25-18-36-20-44(30(25)47)19-21-5-10-26(33)27(34)17-21/h2-10,17-18,20H,11-16,19H2,1H3,(H,37,46)(H3,35,39,40,41). The fraction of sp³-hybridized carbons (Fsp3) is 0.250. The fourth-order valence-electron chi connectivity index (χ4n) is 5.17. The normalized spacial score (nSPS) is 13.5. The number of rotatable bonds is 10. The molecule has 0 spiro atoms. The number of nitrogen functional groups attached to an aromatic ring is 1. The van der Waals surface area contributed by atoms with Gasteiger partial charge in [-0.3, -0.25) is 14.2 Å². The van der Waals surface area contributed by atoms with E-state index < -0.39 is 23.1 Å². The lowest BCUT2D eigenvalue weighted by Gasteiger charge is -2.34. The zero-order valence-electron chi connectivity index (χ0n) is 25.6. The van der Waals surface area contributed by atoms with Crippen LogP contribution in [0.25, 0.3) is 5.82 Å². The van der Waals surface area contributed by atoms with Crippen LogP contribution in [0.5, 0.6) is 0 Å². The SMILES string of the molecule is CN1CCN(c2ccc(Nc3nc(N)n(-c4cccc(CCNC(=O)c5cncn(Cc6ccc(F)c(F)c6)c5=O)n4)n3)cc2)CC1. The highest BCUT2D eigenvalue weighted by Crippen LogP contribution is 2.22. The minimum Gasteiger partial charge on any atom is -0.369 e. The number of piperazine rings is 1. The Kier molecular flexibility index (Phi) is 9.15. The van der Waals surface area contributed by atoms with Gasteiger partial charge in [0.15, 0.2) is 17.5 Å². The summed E-state index contributed by atoms with van der Waals surface area (Å²) in [6.07, 6.45) is 2.75. The summed E-state index contributed by atoms with van der Waals surface area (Å²) in [6, 6.07) is 16.7. The first-order chi connectivity index (χ1) is 22.7. The van der Waals surface area contributed by atoms with Crippen molar-refractivity contribution in [3.05, 3.63) is 112 Å². The first kappa shape index (κ1) is 31.3. The molecule has 242 valence electrons. The van der Waals surface area contributed by atoms with Crippen LogP contribution in [0.15, 0.2) is 78.0 Å². The van der Waals surface area contributed by atoms with Gasteiger partial charge < -0.3 is 26.2 Å². The van der Waals surface area contributed by atoms with Crippen molar-refractivity contribution in [2.24, 2.45) is 0 Å². The number of amides is 1. The molecule has 5 aromatic rings. The maximum Gasteiger partial charge on any atom is 0.266 e. The van der Waals surface area contributed by atoms with Crippen LogP contribution in [0.2, 0.25) is 0 Å². The molecule has 0 atom stereocenters. The number of carbonyl (C=O) groups excluding carboxylic acids is 1. The van der Waals surface area contributed by atoms with Crippen molar-refractivity contribution in [2.75, 3.05) is 55.7 Å². The first-order valence-electron chi connectivity index (χ1n) is 15.0. The van der Waals surface area contributed by atoms with Crippen molar-refractivity contribution in [1.82, 2.24) is 39.5 Å². The van der Waals surface area contributed by atoms with Crippen LogP contribution in [0, 0.1) is 11.6 Å². The number of nitrogens with zero attached hydrogens (tertiary/aromatic N) is 8. The number of nitrogens with one attached hydrogen (secondary N) is 2. The summed E-state index contributed by atoms with van der Waals surface area (Å²) in [6.45, 7) is 4.14. The molecule has 0 bridgehead atoms. The Labute approximate surface area is 268 Å². The highest BCUT2D eigenvalue weighted by Gasteiger charge is 2.16. The van der Waals surface area contributed by atoms with Gasteiger partial charge >= 0.3 is 0 Å². The van der Waals surface area contributed by atoms with E-state index in [2.05, 4.69) is 59.7 Å². The fourth-order valence-corrected chi connectivity index (χ4v) is 5.17. The van der Waals surface area contributed by atoms with E-state index in [9.17, 15) is 18.4 Å². The van der Waals surface area contributed by atoms with Crippen molar-refractivity contribution in [2.45, 2.75) is 13.0 Å². The van der Waals surface area contributed by atoms with Crippen molar-refractivity contribution in [3.63, 3.8) is 0 Å². The highest BCUT2D eigenvalue weighted by molar-refractivity contribution is 5.93. The van der Waals surface area contributed by atoms with Gasteiger partial charge in [0.1, 0.15) is 5.56 Å². The molecule has 3 aromatic heterocycles. The summed E-state index contributed by atoms with van der Waals surface area (Å²) < 4.78 is 29.4. The van der Waals surface area contributed by atoms with E-state index in [1.165, 1.54) is 23.3 Å². The molecule has 4 N–H and O–H groups in total. The average Bonchev–Trinajstić information content (AvgIpc) is 3.44. The Bertz CT molecular complexity index is 1940. The third-order valence-electron chi connectivity index (χ3n) is 7.78. The smallest absolute Gasteiger partial charge is 0.266 e. The van der Waals surface area contributed by atoms with E-state index in [0.29, 0.717) is 29.4 Å². The highest BCUT2D eigenvalue weighted by atomic mass is 19.2. The minimum absolute atomic E-state index is 0.0767. The van der Waals surface area contributed by atoms with Crippen LogP contribution in [0.4, 0.5) is 32.1 Å². The lowest BCUT2D eigenvalue weighted by atomic mass is 10.2. The Balaban J connectivity index is 1.05. The summed E-state index contributed by atoms with van der Waals surface area (Å²) in [5.74, 6) is -1.72. The Morgan fingerprint density at radius 3 is 2.53 bits per heavy atom. The zero-order chi connectivity index (χ0) is 32.9. The molecular formula is C32H33F2N11O2. The summed E-state index contributed by atoms with van der Waals surface area (Å²) >= 11 is 0. The molecule has 0 saturated carbocycles. The largest absolute Gasteiger partial charge is 0.369 e. The lowest BCUT2D eigenvalue weighted by Crippen LogP contribution is -2.44. The van der Waals surface area contributed by atoms with Crippen LogP contribution in [-0.4, -0.2) is 79.9 Å². The quantitative estimate of drug-likeness (QED) is 0.208. The number of hydrogen-bond acceptors (Lipinski definition) is 10. The summed E-state index contributed by atoms with van der Waals surface area (Å²) in [5, 5.41) is 10.4. The number of pyridine rings is 1. The molecule has 13 nitrogen and oxygen atoms in total. The molecular weight excluding hydrogens is 608 g/mol. The molecule has 1 saturated heterocycles. The maximum atomic E-state index is 13.6. The molecule has 47 heavy (non-hydrogen) atoms. The maximum absolute atomic E-state index is 13.6. The van der Waals surface area contributed by atoms with Gasteiger partial charge in [-0.05, 0) is 61.1 Å². The molecule has 1 amide bonds. The molecule has 2 aromatic carbocycles. The van der Waals surface area contributed by atoms with Crippen molar-refractivity contribution >= 4 is 29.2 Å². The second-order valence-corrected chi connectivity index (χ2v) is 11.1. The number of likely N-dealkylation sites (N-methyl/N-ethyl adjacent to an activating group) is 1. The monoisotopic (exact) mass is 641 g/mol. The van der Waals surface area contributed by atoms with Crippen LogP contribution >= 0.6 is 0 Å². The van der Waals surface area contributed by atoms with Crippen LogP contribution in [-0.2, 0) is 13.0 Å². The number of nitrogens with two attached hydrogens (primary N) is 1. The van der Waals surface area contributed by atoms with E-state index in [0.717, 1.165) is 54.3 Å². The molecule has 0 radical (unpaired) electrons. The van der Waals surface area contributed by atoms with Crippen molar-refractivity contribution in [1.29, 1.82) is 0 Å². The predicted molar refractivity (Wildman–Crippen MR) is 173 cm³/mol. The van der Waals surface area contributed by atoms with Gasteiger partial charge in [-0.2, -0.15) is 9.67 Å². The lowest BCUT2D eigenvalue weighted by molar-refractivity contribution is 0.0951. The Morgan fingerprint density at radius 1 is 0.979 bits per heavy atom. The number of carbonyl (C=O) groups is 1. The molecule has 0 unspecified atom stereocenters. The van der Waals surface area contributed by atoms with E-state index in [1.807, 2.05) is 12.1 Å². The molecule has 1 aliphatic rings. The molecule has 1 fully saturated rings. The molecule has 6 rings (SSSR count). The van der Waals surface area contributed by atoms with E-state index in [-0.39, 0.29) is 24.6 Å². The van der Waals surface area contributed by atoms with Gasteiger partial charge in [0, 0.05) is 62.4 Å². The average molecular weight is 642 g/mol. The number of hydrogen-bond donors (Lipinski definition) is 3. The second-order valence-electron chi connectivity index (χ2n) is 11.1. The number of benzene rings is 2. The number of halogens is 2. The summed E-state index contributed by atoms with van der Waals surface area (Å²) in [4.78, 5) is 43.3.